The second-order valence-corrected chi connectivity index (χ2v) is 15.9. The van der Waals surface area contributed by atoms with E-state index in [1.807, 2.05) is 32.0 Å². The Hall–Kier alpha value is -3.67. The molecule has 0 bridgehead atoms. The zero-order valence-corrected chi connectivity index (χ0v) is 30.0. The fraction of sp³-hybridized carbons (Fsp3) is 0.474. The van der Waals surface area contributed by atoms with Crippen LogP contribution in [0.25, 0.3) is 0 Å². The van der Waals surface area contributed by atoms with Crippen molar-refractivity contribution >= 4 is 21.7 Å². The Labute approximate surface area is 289 Å². The van der Waals surface area contributed by atoms with Crippen LogP contribution in [0.4, 0.5) is 8.78 Å². The van der Waals surface area contributed by atoms with Crippen LogP contribution in [0.1, 0.15) is 108 Å². The standard InChI is InChI=1S/C38H49F2N3O5S/c1-7-11-43(12-8-2)38(46)30-14-24(5)13-29(18-30)37(45)42-34(17-26-15-31(39)20-32(40)16-26)35(44)21-41-36-25(6)49(47,48)22-28-10-9-27(23(3)4)19-33(28)36/h9-10,13-16,18-20,23,25,34-36,41,44H,7-8,11-12,17,21-22H2,1-6H3,(H,42,45)/t25-,34-,35+,36+/m0/s1. The molecule has 2 amide bonds. The SMILES string of the molecule is CCCN(CCC)C(=O)c1cc(C)cc(C(=O)N[C@@H](Cc2cc(F)cc(F)c2)[C@H](O)CN[C@H]2c3cc(C(C)C)ccc3CS(=O)(=O)[C@H]2C)c1. The van der Waals surface area contributed by atoms with Gasteiger partial charge in [-0.2, -0.15) is 0 Å². The average molecular weight is 698 g/mol. The molecule has 11 heteroatoms. The number of nitrogens with one attached hydrogen (secondary N) is 2. The van der Waals surface area contributed by atoms with Crippen LogP contribution in [0.2, 0.25) is 0 Å². The van der Waals surface area contributed by atoms with Crippen molar-refractivity contribution in [1.82, 2.24) is 15.5 Å². The van der Waals surface area contributed by atoms with E-state index in [-0.39, 0.29) is 41.7 Å². The van der Waals surface area contributed by atoms with E-state index in [2.05, 4.69) is 24.5 Å². The lowest BCUT2D eigenvalue weighted by atomic mass is 9.92. The van der Waals surface area contributed by atoms with Crippen LogP contribution in [0.5, 0.6) is 0 Å². The van der Waals surface area contributed by atoms with E-state index >= 15 is 0 Å². The van der Waals surface area contributed by atoms with Crippen LogP contribution in [-0.2, 0) is 22.0 Å². The van der Waals surface area contributed by atoms with Gasteiger partial charge in [-0.25, -0.2) is 17.2 Å². The predicted octanol–water partition coefficient (Wildman–Crippen LogP) is 6.01. The van der Waals surface area contributed by atoms with Crippen molar-refractivity contribution in [3.8, 4) is 0 Å². The molecule has 0 saturated carbocycles. The minimum Gasteiger partial charge on any atom is -0.390 e. The second-order valence-electron chi connectivity index (χ2n) is 13.5. The van der Waals surface area contributed by atoms with Crippen molar-refractivity contribution in [2.45, 2.75) is 95.9 Å². The highest BCUT2D eigenvalue weighted by Crippen LogP contribution is 2.35. The number of fused-ring (bicyclic) bond motifs is 1. The molecule has 4 atom stereocenters. The van der Waals surface area contributed by atoms with Crippen LogP contribution in [0, 0.1) is 18.6 Å². The molecule has 3 N–H and O–H groups in total. The van der Waals surface area contributed by atoms with Gasteiger partial charge >= 0.3 is 0 Å². The number of rotatable bonds is 14. The smallest absolute Gasteiger partial charge is 0.253 e. The van der Waals surface area contributed by atoms with Crippen molar-refractivity contribution in [2.75, 3.05) is 19.6 Å². The van der Waals surface area contributed by atoms with Crippen LogP contribution < -0.4 is 10.6 Å². The molecule has 0 spiro atoms. The number of hydrogen-bond donors (Lipinski definition) is 3. The van der Waals surface area contributed by atoms with E-state index in [9.17, 15) is 31.9 Å². The number of carbonyl (C=O) groups is 2. The highest BCUT2D eigenvalue weighted by atomic mass is 32.2. The van der Waals surface area contributed by atoms with Gasteiger partial charge in [-0.1, -0.05) is 45.9 Å². The van der Waals surface area contributed by atoms with Gasteiger partial charge in [-0.05, 0) is 97.2 Å². The molecule has 0 saturated heterocycles. The Bertz CT molecular complexity index is 1740. The first kappa shape index (κ1) is 38.1. The van der Waals surface area contributed by atoms with Gasteiger partial charge in [0.05, 0.1) is 23.1 Å². The van der Waals surface area contributed by atoms with E-state index in [0.29, 0.717) is 29.8 Å². The summed E-state index contributed by atoms with van der Waals surface area (Å²) in [6.07, 6.45) is 0.165. The fourth-order valence-corrected chi connectivity index (χ4v) is 8.08. The topological polar surface area (TPSA) is 116 Å². The summed E-state index contributed by atoms with van der Waals surface area (Å²) in [4.78, 5) is 28.9. The van der Waals surface area contributed by atoms with Crippen molar-refractivity contribution in [1.29, 1.82) is 0 Å². The Morgan fingerprint density at radius 1 is 0.959 bits per heavy atom. The third kappa shape index (κ3) is 9.52. The van der Waals surface area contributed by atoms with Crippen molar-refractivity contribution in [3.05, 3.63) is 105 Å². The molecule has 3 aromatic rings. The number of aliphatic hydroxyl groups is 1. The second kappa shape index (κ2) is 16.4. The lowest BCUT2D eigenvalue weighted by Crippen LogP contribution is -2.51. The number of nitrogens with zero attached hydrogens (tertiary/aromatic N) is 1. The molecule has 1 aliphatic rings. The lowest BCUT2D eigenvalue weighted by Gasteiger charge is -2.34. The van der Waals surface area contributed by atoms with E-state index in [1.54, 1.807) is 30.9 Å². The fourth-order valence-electron chi connectivity index (χ4n) is 6.46. The summed E-state index contributed by atoms with van der Waals surface area (Å²) in [5, 5.41) is 16.8. The third-order valence-corrected chi connectivity index (χ3v) is 11.2. The zero-order valence-electron chi connectivity index (χ0n) is 29.2. The number of benzene rings is 3. The first-order chi connectivity index (χ1) is 23.1. The molecule has 266 valence electrons. The summed E-state index contributed by atoms with van der Waals surface area (Å²) in [6.45, 7) is 12.5. The molecule has 49 heavy (non-hydrogen) atoms. The van der Waals surface area contributed by atoms with Gasteiger partial charge in [-0.3, -0.25) is 9.59 Å². The Morgan fingerprint density at radius 3 is 2.20 bits per heavy atom. The maximum atomic E-state index is 14.2. The highest BCUT2D eigenvalue weighted by molar-refractivity contribution is 7.91. The largest absolute Gasteiger partial charge is 0.390 e. The van der Waals surface area contributed by atoms with E-state index in [1.165, 1.54) is 6.07 Å². The number of amides is 2. The Balaban J connectivity index is 1.63. The van der Waals surface area contributed by atoms with Gasteiger partial charge < -0.3 is 20.6 Å². The van der Waals surface area contributed by atoms with Gasteiger partial charge in [0.2, 0.25) is 0 Å². The molecule has 0 aliphatic carbocycles. The van der Waals surface area contributed by atoms with Crippen molar-refractivity contribution in [3.63, 3.8) is 0 Å². The van der Waals surface area contributed by atoms with Gasteiger partial charge in [0.1, 0.15) is 11.6 Å². The number of halogens is 2. The molecule has 0 fully saturated rings. The monoisotopic (exact) mass is 697 g/mol. The summed E-state index contributed by atoms with van der Waals surface area (Å²) in [5.74, 6) is -2.21. The molecular formula is C38H49F2N3O5S. The molecule has 0 unspecified atom stereocenters. The summed E-state index contributed by atoms with van der Waals surface area (Å²) >= 11 is 0. The third-order valence-electron chi connectivity index (χ3n) is 9.13. The summed E-state index contributed by atoms with van der Waals surface area (Å²) in [7, 11) is -3.50. The first-order valence-electron chi connectivity index (χ1n) is 17.1. The molecule has 0 radical (unpaired) electrons. The van der Waals surface area contributed by atoms with E-state index in [4.69, 9.17) is 0 Å². The van der Waals surface area contributed by atoms with Gasteiger partial charge in [0.25, 0.3) is 11.8 Å². The Morgan fingerprint density at radius 2 is 1.59 bits per heavy atom. The van der Waals surface area contributed by atoms with Gasteiger partial charge in [0.15, 0.2) is 9.84 Å². The first-order valence-corrected chi connectivity index (χ1v) is 18.8. The number of sulfone groups is 1. The number of hydrogen-bond acceptors (Lipinski definition) is 6. The summed E-state index contributed by atoms with van der Waals surface area (Å²) < 4.78 is 54.6. The zero-order chi connectivity index (χ0) is 36.0. The van der Waals surface area contributed by atoms with E-state index in [0.717, 1.165) is 42.2 Å². The Kier molecular flexibility index (Phi) is 12.7. The van der Waals surface area contributed by atoms with Crippen LogP contribution in [0.15, 0.2) is 54.6 Å². The molecule has 3 aromatic carbocycles. The van der Waals surface area contributed by atoms with Crippen molar-refractivity contribution in [2.24, 2.45) is 0 Å². The average Bonchev–Trinajstić information content (AvgIpc) is 3.03. The summed E-state index contributed by atoms with van der Waals surface area (Å²) in [6, 6.07) is 12.0. The summed E-state index contributed by atoms with van der Waals surface area (Å²) in [5.41, 5.74) is 4.07. The maximum absolute atomic E-state index is 14.2. The van der Waals surface area contributed by atoms with Gasteiger partial charge in [-0.15, -0.1) is 0 Å². The molecule has 1 heterocycles. The van der Waals surface area contributed by atoms with Gasteiger partial charge in [0, 0.05) is 42.9 Å². The van der Waals surface area contributed by atoms with Crippen LogP contribution in [0.3, 0.4) is 0 Å². The normalized spacial score (nSPS) is 18.1. The number of aliphatic hydroxyl groups excluding tert-OH is 1. The minimum atomic E-state index is -3.50. The quantitative estimate of drug-likeness (QED) is 0.190. The van der Waals surface area contributed by atoms with Crippen LogP contribution in [-0.4, -0.2) is 67.3 Å². The molecular weight excluding hydrogens is 648 g/mol. The highest BCUT2D eigenvalue weighted by Gasteiger charge is 2.38. The molecule has 1 aliphatic heterocycles. The number of carbonyl (C=O) groups excluding carboxylic acids is 2. The number of aryl methyl sites for hydroxylation is 1. The van der Waals surface area contributed by atoms with E-state index < -0.39 is 50.8 Å². The molecule has 4 rings (SSSR count). The molecule has 8 nitrogen and oxygen atoms in total. The van der Waals surface area contributed by atoms with Crippen molar-refractivity contribution < 1.29 is 31.9 Å². The molecule has 0 aromatic heterocycles. The maximum Gasteiger partial charge on any atom is 0.253 e. The minimum absolute atomic E-state index is 0.0813. The predicted molar refractivity (Wildman–Crippen MR) is 188 cm³/mol. The lowest BCUT2D eigenvalue weighted by molar-refractivity contribution is 0.0755. The van der Waals surface area contributed by atoms with Crippen LogP contribution >= 0.6 is 0 Å².